The fourth-order valence-corrected chi connectivity index (χ4v) is 7.83. The Kier molecular flexibility index (Phi) is 7.07. The number of carboxylic acid groups (broad SMARTS) is 1. The van der Waals surface area contributed by atoms with Crippen molar-refractivity contribution in [3.8, 4) is 16.9 Å². The van der Waals surface area contributed by atoms with Crippen LogP contribution in [0.4, 0.5) is 0 Å². The fraction of sp³-hybridized carbons (Fsp3) is 0.576. The SMILES string of the molecule is CN1CC2(CCCC2)C[C@H]1C(=O)C[C@@H]1CC[C@@H](Oc2ccc(C(=O)O)cc2-c2ccccc2C2CCC2)C1. The van der Waals surface area contributed by atoms with E-state index in [4.69, 9.17) is 4.74 Å². The molecule has 38 heavy (non-hydrogen) atoms. The molecule has 202 valence electrons. The van der Waals surface area contributed by atoms with Gasteiger partial charge in [0.25, 0.3) is 0 Å². The van der Waals surface area contributed by atoms with Gasteiger partial charge < -0.3 is 9.84 Å². The number of ether oxygens (including phenoxy) is 1. The van der Waals surface area contributed by atoms with Crippen LogP contribution in [0, 0.1) is 11.3 Å². The predicted octanol–water partition coefficient (Wildman–Crippen LogP) is 7.09. The van der Waals surface area contributed by atoms with Crippen molar-refractivity contribution in [1.82, 2.24) is 4.90 Å². The third kappa shape index (κ3) is 5.02. The number of Topliss-reactive ketones (excluding diaryl/α,β-unsaturated/α-hetero) is 1. The van der Waals surface area contributed by atoms with E-state index in [0.717, 1.165) is 49.1 Å². The zero-order valence-electron chi connectivity index (χ0n) is 22.7. The van der Waals surface area contributed by atoms with Gasteiger partial charge >= 0.3 is 5.97 Å². The van der Waals surface area contributed by atoms with Crippen LogP contribution in [0.25, 0.3) is 11.1 Å². The summed E-state index contributed by atoms with van der Waals surface area (Å²) in [7, 11) is 2.14. The maximum absolute atomic E-state index is 13.4. The Labute approximate surface area is 226 Å². The normalized spacial score (nSPS) is 27.0. The van der Waals surface area contributed by atoms with Gasteiger partial charge in [-0.25, -0.2) is 4.79 Å². The van der Waals surface area contributed by atoms with Crippen LogP contribution in [0.3, 0.4) is 0 Å². The van der Waals surface area contributed by atoms with Crippen LogP contribution in [0.1, 0.15) is 98.9 Å². The minimum Gasteiger partial charge on any atom is -0.490 e. The average molecular weight is 516 g/mol. The van der Waals surface area contributed by atoms with E-state index in [9.17, 15) is 14.7 Å². The van der Waals surface area contributed by atoms with Crippen LogP contribution in [0.2, 0.25) is 0 Å². The van der Waals surface area contributed by atoms with Crippen LogP contribution in [0.15, 0.2) is 42.5 Å². The molecule has 1 heterocycles. The summed E-state index contributed by atoms with van der Waals surface area (Å²) in [4.78, 5) is 27.5. The molecule has 3 saturated carbocycles. The first-order chi connectivity index (χ1) is 18.4. The summed E-state index contributed by atoms with van der Waals surface area (Å²) in [5.74, 6) is 1.16. The van der Waals surface area contributed by atoms with Gasteiger partial charge in [-0.05, 0) is 105 Å². The van der Waals surface area contributed by atoms with Crippen molar-refractivity contribution in [3.63, 3.8) is 0 Å². The Hall–Kier alpha value is -2.66. The van der Waals surface area contributed by atoms with Crippen molar-refractivity contribution in [1.29, 1.82) is 0 Å². The molecule has 4 aliphatic rings. The predicted molar refractivity (Wildman–Crippen MR) is 149 cm³/mol. The molecular weight excluding hydrogens is 474 g/mol. The molecule has 1 aliphatic heterocycles. The van der Waals surface area contributed by atoms with Gasteiger partial charge in [-0.15, -0.1) is 0 Å². The van der Waals surface area contributed by atoms with Gasteiger partial charge in [0.15, 0.2) is 0 Å². The second kappa shape index (κ2) is 10.5. The lowest BCUT2D eigenvalue weighted by Crippen LogP contribution is -2.33. The second-order valence-corrected chi connectivity index (χ2v) is 12.7. The summed E-state index contributed by atoms with van der Waals surface area (Å²) in [5.41, 5.74) is 3.93. The molecule has 3 aliphatic carbocycles. The average Bonchev–Trinajstić information content (AvgIpc) is 3.59. The zero-order valence-corrected chi connectivity index (χ0v) is 22.7. The van der Waals surface area contributed by atoms with Crippen LogP contribution in [0.5, 0.6) is 5.75 Å². The van der Waals surface area contributed by atoms with Crippen LogP contribution < -0.4 is 4.74 Å². The molecule has 5 nitrogen and oxygen atoms in total. The molecular formula is C33H41NO4. The lowest BCUT2D eigenvalue weighted by molar-refractivity contribution is -0.123. The van der Waals surface area contributed by atoms with E-state index in [-0.39, 0.29) is 17.7 Å². The largest absolute Gasteiger partial charge is 0.490 e. The number of carboxylic acids is 1. The number of aromatic carboxylic acids is 1. The van der Waals surface area contributed by atoms with E-state index in [1.54, 1.807) is 12.1 Å². The molecule has 4 fully saturated rings. The van der Waals surface area contributed by atoms with Crippen LogP contribution in [-0.2, 0) is 4.79 Å². The lowest BCUT2D eigenvalue weighted by atomic mass is 9.77. The Bertz CT molecular complexity index is 1200. The summed E-state index contributed by atoms with van der Waals surface area (Å²) in [5, 5.41) is 9.69. The molecule has 6 rings (SSSR count). The molecule has 2 aromatic carbocycles. The molecule has 5 heteroatoms. The standard InChI is InChI=1S/C33H41NO4/c1-34-21-33(15-4-5-16-33)20-29(34)30(35)18-22-11-13-25(17-22)38-31-14-12-24(32(36)37)19-28(31)27-10-3-2-9-26(27)23-7-6-8-23/h2-3,9-10,12,14,19,22-23,25,29H,4-8,11,13,15-18,20-21H2,1H3,(H,36,37)/t22-,25-,29+/m1/s1. The quantitative estimate of drug-likeness (QED) is 0.406. The zero-order chi connectivity index (χ0) is 26.3. The van der Waals surface area contributed by atoms with E-state index < -0.39 is 5.97 Å². The first-order valence-electron chi connectivity index (χ1n) is 14.8. The van der Waals surface area contributed by atoms with Crippen molar-refractivity contribution >= 4 is 11.8 Å². The lowest BCUT2D eigenvalue weighted by Gasteiger charge is -2.28. The highest BCUT2D eigenvalue weighted by molar-refractivity contribution is 5.91. The summed E-state index contributed by atoms with van der Waals surface area (Å²) >= 11 is 0. The van der Waals surface area contributed by atoms with Crippen molar-refractivity contribution < 1.29 is 19.4 Å². The molecule has 0 radical (unpaired) electrons. The smallest absolute Gasteiger partial charge is 0.335 e. The third-order valence-electron chi connectivity index (χ3n) is 10.1. The molecule has 1 spiro atoms. The number of benzene rings is 2. The van der Waals surface area contributed by atoms with Gasteiger partial charge in [-0.3, -0.25) is 9.69 Å². The molecule has 0 bridgehead atoms. The number of likely N-dealkylation sites (tertiary alicyclic amines) is 1. The van der Waals surface area contributed by atoms with E-state index in [1.165, 1.54) is 50.5 Å². The Morgan fingerprint density at radius 3 is 2.53 bits per heavy atom. The first kappa shape index (κ1) is 25.6. The van der Waals surface area contributed by atoms with Gasteiger partial charge in [-0.1, -0.05) is 43.5 Å². The minimum atomic E-state index is -0.922. The van der Waals surface area contributed by atoms with Crippen LogP contribution in [-0.4, -0.2) is 47.5 Å². The van der Waals surface area contributed by atoms with E-state index >= 15 is 0 Å². The van der Waals surface area contributed by atoms with E-state index in [2.05, 4.69) is 30.1 Å². The summed E-state index contributed by atoms with van der Waals surface area (Å²) < 4.78 is 6.60. The van der Waals surface area contributed by atoms with E-state index in [0.29, 0.717) is 29.5 Å². The first-order valence-corrected chi connectivity index (χ1v) is 14.8. The van der Waals surface area contributed by atoms with E-state index in [1.807, 2.05) is 12.1 Å². The highest BCUT2D eigenvalue weighted by atomic mass is 16.5. The molecule has 2 aromatic rings. The van der Waals surface area contributed by atoms with Gasteiger partial charge in [0, 0.05) is 18.5 Å². The fourth-order valence-electron chi connectivity index (χ4n) is 7.83. The summed E-state index contributed by atoms with van der Waals surface area (Å²) in [6.07, 6.45) is 13.4. The number of hydrogen-bond acceptors (Lipinski definition) is 4. The number of nitrogens with zero attached hydrogens (tertiary/aromatic N) is 1. The van der Waals surface area contributed by atoms with Crippen molar-refractivity contribution in [2.45, 2.75) is 95.1 Å². The monoisotopic (exact) mass is 515 g/mol. The number of carbonyl (C=O) groups is 2. The molecule has 0 aromatic heterocycles. The number of carbonyl (C=O) groups excluding carboxylic acids is 1. The van der Waals surface area contributed by atoms with Gasteiger partial charge in [0.05, 0.1) is 17.7 Å². The molecule has 0 unspecified atom stereocenters. The summed E-state index contributed by atoms with van der Waals surface area (Å²) in [6.45, 7) is 1.08. The Morgan fingerprint density at radius 1 is 1.00 bits per heavy atom. The van der Waals surface area contributed by atoms with Crippen molar-refractivity contribution in [2.75, 3.05) is 13.6 Å². The van der Waals surface area contributed by atoms with Crippen molar-refractivity contribution in [3.05, 3.63) is 53.6 Å². The number of rotatable bonds is 8. The van der Waals surface area contributed by atoms with Crippen LogP contribution >= 0.6 is 0 Å². The minimum absolute atomic E-state index is 0.0561. The summed E-state index contributed by atoms with van der Waals surface area (Å²) in [6, 6.07) is 13.7. The van der Waals surface area contributed by atoms with Gasteiger partial charge in [0.2, 0.25) is 0 Å². The Balaban J connectivity index is 1.15. The highest BCUT2D eigenvalue weighted by Gasteiger charge is 2.46. The van der Waals surface area contributed by atoms with Gasteiger partial charge in [-0.2, -0.15) is 0 Å². The molecule has 1 N–H and O–H groups in total. The Morgan fingerprint density at radius 2 is 1.79 bits per heavy atom. The molecule has 0 amide bonds. The maximum Gasteiger partial charge on any atom is 0.335 e. The third-order valence-corrected chi connectivity index (χ3v) is 10.1. The number of ketones is 1. The number of hydrogen-bond donors (Lipinski definition) is 1. The molecule has 1 saturated heterocycles. The number of likely N-dealkylation sites (N-methyl/N-ethyl adjacent to an activating group) is 1. The topological polar surface area (TPSA) is 66.8 Å². The maximum atomic E-state index is 13.4. The highest BCUT2D eigenvalue weighted by Crippen LogP contribution is 2.48. The molecule has 3 atom stereocenters. The second-order valence-electron chi connectivity index (χ2n) is 12.7. The van der Waals surface area contributed by atoms with Crippen molar-refractivity contribution in [2.24, 2.45) is 11.3 Å². The van der Waals surface area contributed by atoms with Gasteiger partial charge in [0.1, 0.15) is 11.5 Å².